The number of hydrogen-bond donors (Lipinski definition) is 0. The number of nitrogens with zero attached hydrogens (tertiary/aromatic N) is 3. The Hall–Kier alpha value is -3.19. The lowest BCUT2D eigenvalue weighted by Crippen LogP contribution is -2.52. The number of benzene rings is 2. The summed E-state index contributed by atoms with van der Waals surface area (Å²) in [5, 5.41) is 0. The molecule has 2 aliphatic heterocycles. The number of hydrogen-bond acceptors (Lipinski definition) is 4. The van der Waals surface area contributed by atoms with Gasteiger partial charge < -0.3 is 19.4 Å². The SMILES string of the molecule is CN(C)C(=O)c1ccccc1-c1ccc(C(=O)N2CCN(C(=O)[C@@H]3CCCO3)CC2)cc1. The van der Waals surface area contributed by atoms with Gasteiger partial charge in [-0.2, -0.15) is 0 Å². The third kappa shape index (κ3) is 4.53. The first-order valence-electron chi connectivity index (χ1n) is 11.1. The third-order valence-corrected chi connectivity index (χ3v) is 6.09. The van der Waals surface area contributed by atoms with Crippen LogP contribution in [0.4, 0.5) is 0 Å². The van der Waals surface area contributed by atoms with Gasteiger partial charge in [0.25, 0.3) is 17.7 Å². The fourth-order valence-corrected chi connectivity index (χ4v) is 4.24. The molecule has 4 rings (SSSR count). The average molecular weight is 436 g/mol. The van der Waals surface area contributed by atoms with Crippen LogP contribution in [0.5, 0.6) is 0 Å². The zero-order chi connectivity index (χ0) is 22.7. The van der Waals surface area contributed by atoms with Gasteiger partial charge in [-0.05, 0) is 42.2 Å². The summed E-state index contributed by atoms with van der Waals surface area (Å²) in [7, 11) is 3.46. The van der Waals surface area contributed by atoms with E-state index in [4.69, 9.17) is 4.74 Å². The van der Waals surface area contributed by atoms with Crippen molar-refractivity contribution >= 4 is 17.7 Å². The second kappa shape index (κ2) is 9.53. The van der Waals surface area contributed by atoms with E-state index >= 15 is 0 Å². The molecule has 7 nitrogen and oxygen atoms in total. The highest BCUT2D eigenvalue weighted by atomic mass is 16.5. The molecule has 2 aliphatic rings. The van der Waals surface area contributed by atoms with Gasteiger partial charge in [-0.15, -0.1) is 0 Å². The summed E-state index contributed by atoms with van der Waals surface area (Å²) < 4.78 is 5.50. The smallest absolute Gasteiger partial charge is 0.253 e. The van der Waals surface area contributed by atoms with Gasteiger partial charge in [0.1, 0.15) is 6.10 Å². The molecule has 0 saturated carbocycles. The number of piperazine rings is 1. The Labute approximate surface area is 188 Å². The van der Waals surface area contributed by atoms with E-state index in [9.17, 15) is 14.4 Å². The minimum atomic E-state index is -0.313. The fourth-order valence-electron chi connectivity index (χ4n) is 4.24. The molecule has 2 aromatic carbocycles. The summed E-state index contributed by atoms with van der Waals surface area (Å²) in [5.41, 5.74) is 2.96. The highest BCUT2D eigenvalue weighted by Crippen LogP contribution is 2.25. The Morgan fingerprint density at radius 2 is 1.56 bits per heavy atom. The molecule has 0 aliphatic carbocycles. The molecule has 168 valence electrons. The summed E-state index contributed by atoms with van der Waals surface area (Å²) in [4.78, 5) is 43.1. The number of rotatable bonds is 4. The maximum Gasteiger partial charge on any atom is 0.253 e. The minimum absolute atomic E-state index is 0.0431. The van der Waals surface area contributed by atoms with Crippen LogP contribution in [0.2, 0.25) is 0 Å². The van der Waals surface area contributed by atoms with Crippen molar-refractivity contribution < 1.29 is 19.1 Å². The number of ether oxygens (including phenoxy) is 1. The van der Waals surface area contributed by atoms with E-state index in [0.29, 0.717) is 43.9 Å². The van der Waals surface area contributed by atoms with Crippen LogP contribution in [0.1, 0.15) is 33.6 Å². The lowest BCUT2D eigenvalue weighted by atomic mass is 9.97. The second-order valence-corrected chi connectivity index (χ2v) is 8.44. The Morgan fingerprint density at radius 3 is 2.19 bits per heavy atom. The quantitative estimate of drug-likeness (QED) is 0.740. The van der Waals surface area contributed by atoms with Crippen LogP contribution in [0.15, 0.2) is 48.5 Å². The van der Waals surface area contributed by atoms with Crippen molar-refractivity contribution in [2.75, 3.05) is 46.9 Å². The molecule has 0 unspecified atom stereocenters. The molecule has 1 atom stereocenters. The number of amides is 3. The summed E-state index contributed by atoms with van der Waals surface area (Å²) in [6.07, 6.45) is 1.40. The number of carbonyl (C=O) groups excluding carboxylic acids is 3. The maximum absolute atomic E-state index is 13.0. The average Bonchev–Trinajstić information content (AvgIpc) is 3.38. The predicted octanol–water partition coefficient (Wildman–Crippen LogP) is 2.52. The molecule has 0 aromatic heterocycles. The molecule has 0 N–H and O–H groups in total. The fraction of sp³-hybridized carbons (Fsp3) is 0.400. The van der Waals surface area contributed by atoms with Gasteiger partial charge in [-0.1, -0.05) is 30.3 Å². The first-order chi connectivity index (χ1) is 15.5. The zero-order valence-electron chi connectivity index (χ0n) is 18.6. The molecule has 0 bridgehead atoms. The summed E-state index contributed by atoms with van der Waals surface area (Å²) >= 11 is 0. The molecular weight excluding hydrogens is 406 g/mol. The van der Waals surface area contributed by atoms with Crippen molar-refractivity contribution in [2.24, 2.45) is 0 Å². The molecule has 2 fully saturated rings. The number of carbonyl (C=O) groups is 3. The van der Waals surface area contributed by atoms with E-state index in [1.165, 1.54) is 0 Å². The van der Waals surface area contributed by atoms with Gasteiger partial charge >= 0.3 is 0 Å². The molecule has 0 radical (unpaired) electrons. The predicted molar refractivity (Wildman–Crippen MR) is 121 cm³/mol. The lowest BCUT2D eigenvalue weighted by Gasteiger charge is -2.35. The van der Waals surface area contributed by atoms with Crippen molar-refractivity contribution in [1.29, 1.82) is 0 Å². The van der Waals surface area contributed by atoms with Crippen molar-refractivity contribution in [2.45, 2.75) is 18.9 Å². The summed E-state index contributed by atoms with van der Waals surface area (Å²) in [6, 6.07) is 14.8. The molecule has 2 heterocycles. The van der Waals surface area contributed by atoms with Gasteiger partial charge in [-0.25, -0.2) is 0 Å². The molecule has 2 saturated heterocycles. The Kier molecular flexibility index (Phi) is 6.55. The standard InChI is InChI=1S/C25H29N3O4/c1-26(2)24(30)21-7-4-3-6-20(21)18-9-11-19(12-10-18)23(29)27-13-15-28(16-14-27)25(31)22-8-5-17-32-22/h3-4,6-7,9-12,22H,5,8,13-17H2,1-2H3/t22-/m0/s1. The second-order valence-electron chi connectivity index (χ2n) is 8.44. The van der Waals surface area contributed by atoms with Gasteiger partial charge in [0.15, 0.2) is 0 Å². The largest absolute Gasteiger partial charge is 0.368 e. The van der Waals surface area contributed by atoms with E-state index in [1.807, 2.05) is 41.3 Å². The molecular formula is C25H29N3O4. The van der Waals surface area contributed by atoms with Crippen molar-refractivity contribution in [3.05, 3.63) is 59.7 Å². The molecule has 2 aromatic rings. The van der Waals surface area contributed by atoms with E-state index in [1.54, 1.807) is 36.0 Å². The van der Waals surface area contributed by atoms with Crippen LogP contribution in [0, 0.1) is 0 Å². The topological polar surface area (TPSA) is 70.2 Å². The van der Waals surface area contributed by atoms with Gasteiger partial charge in [0.2, 0.25) is 0 Å². The van der Waals surface area contributed by atoms with E-state index < -0.39 is 0 Å². The Morgan fingerprint density at radius 1 is 0.906 bits per heavy atom. The lowest BCUT2D eigenvalue weighted by molar-refractivity contribution is -0.142. The van der Waals surface area contributed by atoms with E-state index in [0.717, 1.165) is 24.0 Å². The Bertz CT molecular complexity index is 989. The maximum atomic E-state index is 13.0. The van der Waals surface area contributed by atoms with Crippen LogP contribution in [-0.4, -0.2) is 85.4 Å². The highest BCUT2D eigenvalue weighted by Gasteiger charge is 2.31. The molecule has 32 heavy (non-hydrogen) atoms. The zero-order valence-corrected chi connectivity index (χ0v) is 18.6. The first-order valence-corrected chi connectivity index (χ1v) is 11.1. The monoisotopic (exact) mass is 435 g/mol. The van der Waals surface area contributed by atoms with Crippen LogP contribution < -0.4 is 0 Å². The van der Waals surface area contributed by atoms with E-state index in [2.05, 4.69) is 0 Å². The molecule has 7 heteroatoms. The van der Waals surface area contributed by atoms with E-state index in [-0.39, 0.29) is 23.8 Å². The van der Waals surface area contributed by atoms with Crippen LogP contribution in [-0.2, 0) is 9.53 Å². The van der Waals surface area contributed by atoms with Crippen LogP contribution >= 0.6 is 0 Å². The van der Waals surface area contributed by atoms with Crippen molar-refractivity contribution in [3.63, 3.8) is 0 Å². The molecule has 0 spiro atoms. The van der Waals surface area contributed by atoms with Gasteiger partial charge in [-0.3, -0.25) is 14.4 Å². The molecule has 3 amide bonds. The van der Waals surface area contributed by atoms with Crippen molar-refractivity contribution in [3.8, 4) is 11.1 Å². The summed E-state index contributed by atoms with van der Waals surface area (Å²) in [6.45, 7) is 2.74. The third-order valence-electron chi connectivity index (χ3n) is 6.09. The first kappa shape index (κ1) is 22.0. The highest BCUT2D eigenvalue weighted by molar-refractivity contribution is 6.01. The van der Waals surface area contributed by atoms with Crippen LogP contribution in [0.25, 0.3) is 11.1 Å². The Balaban J connectivity index is 1.41. The van der Waals surface area contributed by atoms with Gasteiger partial charge in [0.05, 0.1) is 0 Å². The summed E-state index contributed by atoms with van der Waals surface area (Å²) in [5.74, 6) is -0.0560. The minimum Gasteiger partial charge on any atom is -0.368 e. The van der Waals surface area contributed by atoms with Crippen LogP contribution in [0.3, 0.4) is 0 Å². The van der Waals surface area contributed by atoms with Gasteiger partial charge in [0, 0.05) is 58.0 Å². The van der Waals surface area contributed by atoms with Crippen molar-refractivity contribution in [1.82, 2.24) is 14.7 Å². The normalized spacial score (nSPS) is 18.5.